The van der Waals surface area contributed by atoms with Gasteiger partial charge in [-0.15, -0.1) is 5.10 Å². The van der Waals surface area contributed by atoms with Gasteiger partial charge in [0.25, 0.3) is 0 Å². The molecule has 0 saturated carbocycles. The zero-order chi connectivity index (χ0) is 13.8. The Labute approximate surface area is 120 Å². The molecule has 4 heteroatoms. The fourth-order valence-corrected chi connectivity index (χ4v) is 2.91. The van der Waals surface area contributed by atoms with E-state index in [2.05, 4.69) is 45.5 Å². The van der Waals surface area contributed by atoms with Gasteiger partial charge in [0, 0.05) is 17.3 Å². The lowest BCUT2D eigenvalue weighted by molar-refractivity contribution is 0.198. The first-order chi connectivity index (χ1) is 9.86. The smallest absolute Gasteiger partial charge is 0.156 e. The molecule has 2 aromatic rings. The van der Waals surface area contributed by atoms with Crippen LogP contribution in [0.2, 0.25) is 0 Å². The van der Waals surface area contributed by atoms with Crippen LogP contribution in [0.1, 0.15) is 19.8 Å². The van der Waals surface area contributed by atoms with Crippen LogP contribution in [0, 0.1) is 5.92 Å². The summed E-state index contributed by atoms with van der Waals surface area (Å²) in [5.41, 5.74) is 0. The van der Waals surface area contributed by atoms with Gasteiger partial charge in [0.1, 0.15) is 0 Å². The number of benzene rings is 1. The Balaban J connectivity index is 1.63. The van der Waals surface area contributed by atoms with Crippen molar-refractivity contribution in [3.05, 3.63) is 30.5 Å². The quantitative estimate of drug-likeness (QED) is 0.927. The number of likely N-dealkylation sites (tertiary alicyclic amines) is 1. The predicted octanol–water partition coefficient (Wildman–Crippen LogP) is 2.77. The minimum absolute atomic E-state index is 0.749. The molecule has 0 spiro atoms. The highest BCUT2D eigenvalue weighted by Crippen LogP contribution is 2.21. The SMILES string of the molecule is CCN1CCC(CNc2nncc3ccccc23)CC1. The summed E-state index contributed by atoms with van der Waals surface area (Å²) in [4.78, 5) is 2.52. The normalized spacial score (nSPS) is 17.4. The average molecular weight is 270 g/mol. The van der Waals surface area contributed by atoms with E-state index in [-0.39, 0.29) is 0 Å². The van der Waals surface area contributed by atoms with Crippen molar-refractivity contribution in [2.45, 2.75) is 19.8 Å². The molecular formula is C16H22N4. The number of fused-ring (bicyclic) bond motifs is 1. The van der Waals surface area contributed by atoms with E-state index < -0.39 is 0 Å². The first-order valence-corrected chi connectivity index (χ1v) is 7.53. The minimum Gasteiger partial charge on any atom is -0.368 e. The third-order valence-electron chi connectivity index (χ3n) is 4.28. The van der Waals surface area contributed by atoms with Gasteiger partial charge in [0.05, 0.1) is 6.20 Å². The van der Waals surface area contributed by atoms with E-state index >= 15 is 0 Å². The average Bonchev–Trinajstić information content (AvgIpc) is 2.53. The molecule has 1 aliphatic heterocycles. The first kappa shape index (κ1) is 13.3. The Kier molecular flexibility index (Phi) is 4.11. The Morgan fingerprint density at radius 1 is 1.25 bits per heavy atom. The lowest BCUT2D eigenvalue weighted by Crippen LogP contribution is -2.35. The third-order valence-corrected chi connectivity index (χ3v) is 4.28. The molecule has 1 saturated heterocycles. The molecule has 1 N–H and O–H groups in total. The number of hydrogen-bond donors (Lipinski definition) is 1. The van der Waals surface area contributed by atoms with Crippen LogP contribution in [0.15, 0.2) is 30.5 Å². The fraction of sp³-hybridized carbons (Fsp3) is 0.500. The maximum atomic E-state index is 4.25. The summed E-state index contributed by atoms with van der Waals surface area (Å²) in [6.07, 6.45) is 4.37. The van der Waals surface area contributed by atoms with Crippen LogP contribution in [0.4, 0.5) is 5.82 Å². The highest BCUT2D eigenvalue weighted by atomic mass is 15.2. The van der Waals surface area contributed by atoms with Crippen molar-refractivity contribution in [3.63, 3.8) is 0 Å². The highest BCUT2D eigenvalue weighted by Gasteiger charge is 2.18. The minimum atomic E-state index is 0.749. The van der Waals surface area contributed by atoms with Gasteiger partial charge in [-0.1, -0.05) is 31.2 Å². The zero-order valence-electron chi connectivity index (χ0n) is 12.0. The summed E-state index contributed by atoms with van der Waals surface area (Å²) < 4.78 is 0. The van der Waals surface area contributed by atoms with E-state index in [0.29, 0.717) is 0 Å². The van der Waals surface area contributed by atoms with Crippen molar-refractivity contribution >= 4 is 16.6 Å². The first-order valence-electron chi connectivity index (χ1n) is 7.53. The van der Waals surface area contributed by atoms with Crippen molar-refractivity contribution in [2.24, 2.45) is 5.92 Å². The van der Waals surface area contributed by atoms with Crippen LogP contribution >= 0.6 is 0 Å². The second-order valence-corrected chi connectivity index (χ2v) is 5.54. The molecular weight excluding hydrogens is 248 g/mol. The second kappa shape index (κ2) is 6.18. The summed E-state index contributed by atoms with van der Waals surface area (Å²) in [6.45, 7) is 6.87. The molecule has 0 bridgehead atoms. The van der Waals surface area contributed by atoms with E-state index in [0.717, 1.165) is 29.1 Å². The fourth-order valence-electron chi connectivity index (χ4n) is 2.91. The van der Waals surface area contributed by atoms with Gasteiger partial charge >= 0.3 is 0 Å². The standard InChI is InChI=1S/C16H22N4/c1-2-20-9-7-13(8-10-20)11-17-16-15-6-4-3-5-14(15)12-18-19-16/h3-6,12-13H,2,7-11H2,1H3,(H,17,19). The molecule has 1 aliphatic rings. The van der Waals surface area contributed by atoms with E-state index in [1.165, 1.54) is 32.5 Å². The van der Waals surface area contributed by atoms with Crippen LogP contribution in [0.3, 0.4) is 0 Å². The van der Waals surface area contributed by atoms with Crippen molar-refractivity contribution in [1.29, 1.82) is 0 Å². The van der Waals surface area contributed by atoms with Crippen LogP contribution in [0.25, 0.3) is 10.8 Å². The number of aromatic nitrogens is 2. The monoisotopic (exact) mass is 270 g/mol. The lowest BCUT2D eigenvalue weighted by atomic mass is 9.97. The summed E-state index contributed by atoms with van der Waals surface area (Å²) in [6, 6.07) is 8.27. The van der Waals surface area contributed by atoms with Crippen molar-refractivity contribution in [1.82, 2.24) is 15.1 Å². The summed E-state index contributed by atoms with van der Waals surface area (Å²) in [5.74, 6) is 1.67. The largest absolute Gasteiger partial charge is 0.368 e. The lowest BCUT2D eigenvalue weighted by Gasteiger charge is -2.31. The van der Waals surface area contributed by atoms with E-state index in [9.17, 15) is 0 Å². The van der Waals surface area contributed by atoms with Gasteiger partial charge in [-0.2, -0.15) is 5.10 Å². The topological polar surface area (TPSA) is 41.0 Å². The highest BCUT2D eigenvalue weighted by molar-refractivity contribution is 5.90. The van der Waals surface area contributed by atoms with Gasteiger partial charge in [0.2, 0.25) is 0 Å². The molecule has 0 aliphatic carbocycles. The summed E-state index contributed by atoms with van der Waals surface area (Å²) >= 11 is 0. The molecule has 20 heavy (non-hydrogen) atoms. The van der Waals surface area contributed by atoms with Crippen LogP contribution < -0.4 is 5.32 Å². The molecule has 2 heterocycles. The molecule has 0 atom stereocenters. The van der Waals surface area contributed by atoms with Crippen molar-refractivity contribution in [3.8, 4) is 0 Å². The summed E-state index contributed by atoms with van der Waals surface area (Å²) in [5, 5.41) is 14.1. The van der Waals surface area contributed by atoms with E-state index in [1.807, 2.05) is 12.3 Å². The zero-order valence-corrected chi connectivity index (χ0v) is 12.0. The van der Waals surface area contributed by atoms with Crippen molar-refractivity contribution in [2.75, 3.05) is 31.5 Å². The van der Waals surface area contributed by atoms with Gasteiger partial charge < -0.3 is 10.2 Å². The summed E-state index contributed by atoms with van der Waals surface area (Å²) in [7, 11) is 0. The number of piperidine rings is 1. The third kappa shape index (κ3) is 2.90. The molecule has 1 aromatic carbocycles. The Morgan fingerprint density at radius 2 is 2.05 bits per heavy atom. The van der Waals surface area contributed by atoms with Gasteiger partial charge in [-0.25, -0.2) is 0 Å². The van der Waals surface area contributed by atoms with Gasteiger partial charge in [0.15, 0.2) is 5.82 Å². The number of nitrogens with one attached hydrogen (secondary N) is 1. The van der Waals surface area contributed by atoms with Crippen LogP contribution in [-0.2, 0) is 0 Å². The Morgan fingerprint density at radius 3 is 2.85 bits per heavy atom. The molecule has 1 aromatic heterocycles. The maximum Gasteiger partial charge on any atom is 0.156 e. The van der Waals surface area contributed by atoms with Crippen LogP contribution in [-0.4, -0.2) is 41.3 Å². The molecule has 3 rings (SSSR count). The molecule has 0 unspecified atom stereocenters. The molecule has 4 nitrogen and oxygen atoms in total. The number of anilines is 1. The number of rotatable bonds is 4. The second-order valence-electron chi connectivity index (χ2n) is 5.54. The molecule has 106 valence electrons. The van der Waals surface area contributed by atoms with Gasteiger partial charge in [-0.3, -0.25) is 0 Å². The molecule has 0 amide bonds. The van der Waals surface area contributed by atoms with Crippen LogP contribution in [0.5, 0.6) is 0 Å². The van der Waals surface area contributed by atoms with E-state index in [1.54, 1.807) is 0 Å². The maximum absolute atomic E-state index is 4.25. The Bertz CT molecular complexity index is 556. The predicted molar refractivity (Wildman–Crippen MR) is 82.9 cm³/mol. The molecule has 0 radical (unpaired) electrons. The molecule has 1 fully saturated rings. The van der Waals surface area contributed by atoms with Crippen molar-refractivity contribution < 1.29 is 0 Å². The van der Waals surface area contributed by atoms with E-state index in [4.69, 9.17) is 0 Å². The Hall–Kier alpha value is -1.68. The number of nitrogens with zero attached hydrogens (tertiary/aromatic N) is 3. The number of hydrogen-bond acceptors (Lipinski definition) is 4. The van der Waals surface area contributed by atoms with Gasteiger partial charge in [-0.05, 0) is 38.4 Å².